The van der Waals surface area contributed by atoms with E-state index in [0.29, 0.717) is 40.5 Å². The molecule has 0 bridgehead atoms. The summed E-state index contributed by atoms with van der Waals surface area (Å²) >= 11 is 11.8. The average Bonchev–Trinajstić information content (AvgIpc) is 3.20. The number of rotatable bonds is 8. The van der Waals surface area contributed by atoms with Crippen LogP contribution in [0.15, 0.2) is 48.8 Å². The third-order valence-electron chi connectivity index (χ3n) is 3.40. The van der Waals surface area contributed by atoms with Gasteiger partial charge in [0.15, 0.2) is 12.4 Å². The molecular weight excluding hydrogens is 391 g/mol. The van der Waals surface area contributed by atoms with Crippen molar-refractivity contribution in [3.05, 3.63) is 58.8 Å². The summed E-state index contributed by atoms with van der Waals surface area (Å²) in [5, 5.41) is 18.9. The van der Waals surface area contributed by atoms with E-state index in [1.54, 1.807) is 53.5 Å². The molecule has 0 aliphatic carbocycles. The Bertz CT molecular complexity index is 887. The number of halogens is 2. The molecule has 0 atom stereocenters. The molecule has 27 heavy (non-hydrogen) atoms. The monoisotopic (exact) mass is 406 g/mol. The number of amides is 1. The van der Waals surface area contributed by atoms with Gasteiger partial charge in [-0.05, 0) is 36.4 Å². The smallest absolute Gasteiger partial charge is 0.258 e. The van der Waals surface area contributed by atoms with Gasteiger partial charge in [0.05, 0.1) is 5.02 Å². The highest BCUT2D eigenvalue weighted by molar-refractivity contribution is 6.35. The van der Waals surface area contributed by atoms with Crippen LogP contribution in [0, 0.1) is 0 Å². The van der Waals surface area contributed by atoms with Crippen molar-refractivity contribution in [2.75, 3.05) is 25.0 Å². The van der Waals surface area contributed by atoms with Crippen molar-refractivity contribution < 1.29 is 9.53 Å². The molecule has 140 valence electrons. The zero-order valence-corrected chi connectivity index (χ0v) is 15.6. The molecule has 0 fully saturated rings. The molecule has 0 spiro atoms. The second kappa shape index (κ2) is 9.20. The van der Waals surface area contributed by atoms with E-state index in [0.717, 1.165) is 0 Å². The minimum absolute atomic E-state index is 0.139. The molecule has 2 N–H and O–H groups in total. The first-order valence-electron chi connectivity index (χ1n) is 8.04. The van der Waals surface area contributed by atoms with Crippen LogP contribution in [0.5, 0.6) is 5.75 Å². The van der Waals surface area contributed by atoms with E-state index >= 15 is 0 Å². The SMILES string of the molecule is O=C(COc1ccc(Cl)cc1Cl)NCCNc1ccc(-n2cccn2)nn1. The molecule has 2 heterocycles. The molecule has 0 aliphatic rings. The van der Waals surface area contributed by atoms with Crippen LogP contribution in [0.1, 0.15) is 0 Å². The molecule has 1 amide bonds. The maximum Gasteiger partial charge on any atom is 0.258 e. The third kappa shape index (κ3) is 5.57. The van der Waals surface area contributed by atoms with Crippen LogP contribution >= 0.6 is 23.2 Å². The van der Waals surface area contributed by atoms with Crippen molar-refractivity contribution in [1.29, 1.82) is 0 Å². The highest BCUT2D eigenvalue weighted by Crippen LogP contribution is 2.27. The summed E-state index contributed by atoms with van der Waals surface area (Å²) in [5.41, 5.74) is 0. The Kier molecular flexibility index (Phi) is 6.45. The third-order valence-corrected chi connectivity index (χ3v) is 3.93. The van der Waals surface area contributed by atoms with Gasteiger partial charge in [0.25, 0.3) is 5.91 Å². The molecule has 8 nitrogen and oxygen atoms in total. The van der Waals surface area contributed by atoms with E-state index in [4.69, 9.17) is 27.9 Å². The van der Waals surface area contributed by atoms with Crippen LogP contribution in [0.4, 0.5) is 5.82 Å². The lowest BCUT2D eigenvalue weighted by atomic mass is 10.3. The number of nitrogens with zero attached hydrogens (tertiary/aromatic N) is 4. The number of carbonyl (C=O) groups is 1. The lowest BCUT2D eigenvalue weighted by Crippen LogP contribution is -2.32. The van der Waals surface area contributed by atoms with Crippen molar-refractivity contribution in [3.63, 3.8) is 0 Å². The van der Waals surface area contributed by atoms with Crippen LogP contribution in [-0.2, 0) is 4.79 Å². The van der Waals surface area contributed by atoms with Gasteiger partial charge in [-0.2, -0.15) is 5.10 Å². The number of nitrogens with one attached hydrogen (secondary N) is 2. The number of ether oxygens (including phenoxy) is 1. The summed E-state index contributed by atoms with van der Waals surface area (Å²) in [7, 11) is 0. The molecule has 0 saturated carbocycles. The van der Waals surface area contributed by atoms with Gasteiger partial charge in [-0.3, -0.25) is 4.79 Å². The molecule has 0 aliphatic heterocycles. The number of hydrogen-bond donors (Lipinski definition) is 2. The molecule has 10 heteroatoms. The molecular formula is C17H16Cl2N6O2. The van der Waals surface area contributed by atoms with E-state index < -0.39 is 0 Å². The van der Waals surface area contributed by atoms with E-state index in [-0.39, 0.29) is 12.5 Å². The molecule has 1 aromatic carbocycles. The van der Waals surface area contributed by atoms with Gasteiger partial charge in [-0.15, -0.1) is 10.2 Å². The van der Waals surface area contributed by atoms with Crippen LogP contribution in [-0.4, -0.2) is 45.6 Å². The van der Waals surface area contributed by atoms with Gasteiger partial charge in [0, 0.05) is 30.5 Å². The fourth-order valence-corrected chi connectivity index (χ4v) is 2.59. The van der Waals surface area contributed by atoms with Crippen LogP contribution in [0.2, 0.25) is 10.0 Å². The summed E-state index contributed by atoms with van der Waals surface area (Å²) in [6.07, 6.45) is 3.45. The number of hydrogen-bond acceptors (Lipinski definition) is 6. The molecule has 2 aromatic heterocycles. The second-order valence-electron chi connectivity index (χ2n) is 5.37. The van der Waals surface area contributed by atoms with Crippen LogP contribution in [0.3, 0.4) is 0 Å². The quantitative estimate of drug-likeness (QED) is 0.558. The van der Waals surface area contributed by atoms with Gasteiger partial charge in [-0.1, -0.05) is 23.2 Å². The predicted molar refractivity (Wildman–Crippen MR) is 103 cm³/mol. The zero-order valence-electron chi connectivity index (χ0n) is 14.1. The summed E-state index contributed by atoms with van der Waals surface area (Å²) in [6, 6.07) is 10.2. The fraction of sp³-hybridized carbons (Fsp3) is 0.176. The Hall–Kier alpha value is -2.84. The summed E-state index contributed by atoms with van der Waals surface area (Å²) in [5.74, 6) is 1.37. The molecule has 0 radical (unpaired) electrons. The first-order chi connectivity index (χ1) is 13.1. The topological polar surface area (TPSA) is 94.0 Å². The first kappa shape index (κ1) is 18.9. The molecule has 3 aromatic rings. The highest BCUT2D eigenvalue weighted by atomic mass is 35.5. The summed E-state index contributed by atoms with van der Waals surface area (Å²) < 4.78 is 6.98. The number of carbonyl (C=O) groups excluding carboxylic acids is 1. The van der Waals surface area contributed by atoms with Gasteiger partial charge in [-0.25, -0.2) is 4.68 Å². The second-order valence-corrected chi connectivity index (χ2v) is 6.21. The van der Waals surface area contributed by atoms with Crippen molar-refractivity contribution in [1.82, 2.24) is 25.3 Å². The predicted octanol–water partition coefficient (Wildman–Crippen LogP) is 2.58. The van der Waals surface area contributed by atoms with Crippen LogP contribution < -0.4 is 15.4 Å². The highest BCUT2D eigenvalue weighted by Gasteiger charge is 2.06. The maximum atomic E-state index is 11.8. The van der Waals surface area contributed by atoms with Gasteiger partial charge < -0.3 is 15.4 Å². The van der Waals surface area contributed by atoms with E-state index in [1.165, 1.54) is 0 Å². The lowest BCUT2D eigenvalue weighted by molar-refractivity contribution is -0.123. The Balaban J connectivity index is 1.36. The van der Waals surface area contributed by atoms with Crippen molar-refractivity contribution in [2.45, 2.75) is 0 Å². The van der Waals surface area contributed by atoms with Gasteiger partial charge in [0.1, 0.15) is 11.6 Å². The summed E-state index contributed by atoms with van der Waals surface area (Å²) in [6.45, 7) is 0.752. The Morgan fingerprint density at radius 2 is 2.04 bits per heavy atom. The van der Waals surface area contributed by atoms with E-state index in [9.17, 15) is 4.79 Å². The largest absolute Gasteiger partial charge is 0.482 e. The maximum absolute atomic E-state index is 11.8. The van der Waals surface area contributed by atoms with Gasteiger partial charge >= 0.3 is 0 Å². The Morgan fingerprint density at radius 1 is 1.15 bits per heavy atom. The van der Waals surface area contributed by atoms with E-state index in [1.807, 2.05) is 0 Å². The van der Waals surface area contributed by atoms with Gasteiger partial charge in [0.2, 0.25) is 0 Å². The zero-order chi connectivity index (χ0) is 19.1. The minimum atomic E-state index is -0.261. The standard InChI is InChI=1S/C17H16Cl2N6O2/c18-12-2-3-14(13(19)10-12)27-11-17(26)21-8-7-20-15-4-5-16(24-23-15)25-9-1-6-22-25/h1-6,9-10H,7-8,11H2,(H,20,23)(H,21,26). The van der Waals surface area contributed by atoms with Crippen LogP contribution in [0.25, 0.3) is 5.82 Å². The molecule has 0 unspecified atom stereocenters. The van der Waals surface area contributed by atoms with Crippen molar-refractivity contribution in [2.24, 2.45) is 0 Å². The number of anilines is 1. The average molecular weight is 407 g/mol. The Labute approximate surface area is 165 Å². The fourth-order valence-electron chi connectivity index (χ4n) is 2.13. The Morgan fingerprint density at radius 3 is 2.74 bits per heavy atom. The molecule has 3 rings (SSSR count). The van der Waals surface area contributed by atoms with E-state index in [2.05, 4.69) is 25.9 Å². The minimum Gasteiger partial charge on any atom is -0.482 e. The van der Waals surface area contributed by atoms with Crippen molar-refractivity contribution in [3.8, 4) is 11.6 Å². The number of benzene rings is 1. The summed E-state index contributed by atoms with van der Waals surface area (Å²) in [4.78, 5) is 11.8. The number of aromatic nitrogens is 4. The first-order valence-corrected chi connectivity index (χ1v) is 8.79. The normalized spacial score (nSPS) is 10.4. The lowest BCUT2D eigenvalue weighted by Gasteiger charge is -2.10. The molecule has 0 saturated heterocycles. The van der Waals surface area contributed by atoms with Crippen molar-refractivity contribution >= 4 is 34.9 Å².